The molecule has 0 aromatic carbocycles. The number of H-pyrrole nitrogens is 1. The fourth-order valence-electron chi connectivity index (χ4n) is 1.35. The Kier molecular flexibility index (Phi) is 4.47. The van der Waals surface area contributed by atoms with Crippen LogP contribution in [0.2, 0.25) is 0 Å². The molecule has 0 radical (unpaired) electrons. The number of hydrogen-bond donors (Lipinski definition) is 3. The van der Waals surface area contributed by atoms with Gasteiger partial charge in [-0.3, -0.25) is 14.7 Å². The van der Waals surface area contributed by atoms with Gasteiger partial charge in [-0.25, -0.2) is 0 Å². The van der Waals surface area contributed by atoms with E-state index in [1.54, 1.807) is 19.9 Å². The first-order valence-corrected chi connectivity index (χ1v) is 5.92. The second kappa shape index (κ2) is 5.66. The summed E-state index contributed by atoms with van der Waals surface area (Å²) < 4.78 is 0. The van der Waals surface area contributed by atoms with E-state index in [1.807, 2.05) is 6.92 Å². The molecule has 0 atom stereocenters. The highest BCUT2D eigenvalue weighted by molar-refractivity contribution is 5.92. The minimum atomic E-state index is -0.871. The molecule has 0 spiro atoms. The number of aromatic nitrogens is 2. The summed E-state index contributed by atoms with van der Waals surface area (Å²) in [4.78, 5) is 22.6. The number of aliphatic carboxylic acids is 1. The highest BCUT2D eigenvalue weighted by Crippen LogP contribution is 2.19. The van der Waals surface area contributed by atoms with E-state index in [-0.39, 0.29) is 5.91 Å². The lowest BCUT2D eigenvalue weighted by molar-refractivity contribution is -0.147. The highest BCUT2D eigenvalue weighted by atomic mass is 16.4. The number of carboxylic acid groups (broad SMARTS) is 1. The van der Waals surface area contributed by atoms with Crippen LogP contribution >= 0.6 is 0 Å². The van der Waals surface area contributed by atoms with E-state index in [2.05, 4.69) is 15.5 Å². The number of carbonyl (C=O) groups is 2. The Bertz CT molecular complexity index is 438. The third kappa shape index (κ3) is 3.58. The molecule has 0 unspecified atom stereocenters. The summed E-state index contributed by atoms with van der Waals surface area (Å²) in [6.45, 7) is 5.54. The maximum Gasteiger partial charge on any atom is 0.309 e. The minimum absolute atomic E-state index is 0.285. The maximum absolute atomic E-state index is 11.7. The van der Waals surface area contributed by atoms with Crippen molar-refractivity contribution in [3.63, 3.8) is 0 Å². The van der Waals surface area contributed by atoms with Gasteiger partial charge in [0.1, 0.15) is 5.69 Å². The smallest absolute Gasteiger partial charge is 0.309 e. The number of aryl methyl sites for hydroxylation is 1. The Hall–Kier alpha value is -1.85. The van der Waals surface area contributed by atoms with Gasteiger partial charge in [0.05, 0.1) is 5.41 Å². The zero-order chi connectivity index (χ0) is 13.8. The average Bonchev–Trinajstić information content (AvgIpc) is 2.76. The first-order valence-electron chi connectivity index (χ1n) is 5.92. The SMILES string of the molecule is CCc1cc(C(=O)NCCC(C)(C)C(=O)O)n[nH]1. The van der Waals surface area contributed by atoms with Gasteiger partial charge in [-0.05, 0) is 32.8 Å². The predicted molar refractivity (Wildman–Crippen MR) is 66.3 cm³/mol. The van der Waals surface area contributed by atoms with Crippen molar-refractivity contribution in [2.75, 3.05) is 6.54 Å². The Morgan fingerprint density at radius 3 is 2.67 bits per heavy atom. The molecule has 18 heavy (non-hydrogen) atoms. The number of carbonyl (C=O) groups excluding carboxylic acids is 1. The van der Waals surface area contributed by atoms with Crippen LogP contribution in [0.5, 0.6) is 0 Å². The fourth-order valence-corrected chi connectivity index (χ4v) is 1.35. The van der Waals surface area contributed by atoms with Gasteiger partial charge in [0.25, 0.3) is 5.91 Å². The molecule has 0 aliphatic carbocycles. The number of rotatable bonds is 6. The Morgan fingerprint density at radius 1 is 1.50 bits per heavy atom. The van der Waals surface area contributed by atoms with Crippen LogP contribution in [0.4, 0.5) is 0 Å². The summed E-state index contributed by atoms with van der Waals surface area (Å²) in [5.41, 5.74) is 0.388. The molecule has 0 saturated carbocycles. The van der Waals surface area contributed by atoms with Crippen LogP contribution in [0.25, 0.3) is 0 Å². The number of nitrogens with one attached hydrogen (secondary N) is 2. The molecule has 0 aliphatic heterocycles. The molecule has 1 amide bonds. The molecule has 6 heteroatoms. The normalized spacial score (nSPS) is 11.3. The molecule has 3 N–H and O–H groups in total. The van der Waals surface area contributed by atoms with Crippen LogP contribution in [0.3, 0.4) is 0 Å². The molecular weight excluding hydrogens is 234 g/mol. The number of amides is 1. The van der Waals surface area contributed by atoms with Crippen molar-refractivity contribution in [1.29, 1.82) is 0 Å². The van der Waals surface area contributed by atoms with Crippen LogP contribution in [-0.4, -0.2) is 33.7 Å². The Balaban J connectivity index is 2.45. The van der Waals surface area contributed by atoms with Gasteiger partial charge < -0.3 is 10.4 Å². The molecular formula is C12H19N3O3. The van der Waals surface area contributed by atoms with E-state index >= 15 is 0 Å². The molecule has 0 bridgehead atoms. The lowest BCUT2D eigenvalue weighted by Crippen LogP contribution is -2.32. The standard InChI is InChI=1S/C12H19N3O3/c1-4-8-7-9(15-14-8)10(16)13-6-5-12(2,3)11(17)18/h7H,4-6H2,1-3H3,(H,13,16)(H,14,15)(H,17,18). The highest BCUT2D eigenvalue weighted by Gasteiger charge is 2.26. The molecule has 100 valence electrons. The van der Waals surface area contributed by atoms with Crippen molar-refractivity contribution in [1.82, 2.24) is 15.5 Å². The summed E-state index contributed by atoms with van der Waals surface area (Å²) in [7, 11) is 0. The zero-order valence-electron chi connectivity index (χ0n) is 10.9. The van der Waals surface area contributed by atoms with Gasteiger partial charge in [0, 0.05) is 12.2 Å². The van der Waals surface area contributed by atoms with Gasteiger partial charge in [0.2, 0.25) is 0 Å². The monoisotopic (exact) mass is 253 g/mol. The van der Waals surface area contributed by atoms with Crippen molar-refractivity contribution < 1.29 is 14.7 Å². The van der Waals surface area contributed by atoms with Gasteiger partial charge in [-0.2, -0.15) is 5.10 Å². The van der Waals surface area contributed by atoms with E-state index in [9.17, 15) is 9.59 Å². The summed E-state index contributed by atoms with van der Waals surface area (Å²) in [5, 5.41) is 18.2. The molecule has 1 rings (SSSR count). The number of nitrogens with zero attached hydrogens (tertiary/aromatic N) is 1. The molecule has 6 nitrogen and oxygen atoms in total. The zero-order valence-corrected chi connectivity index (χ0v) is 10.9. The topological polar surface area (TPSA) is 95.1 Å². The first-order chi connectivity index (χ1) is 8.36. The van der Waals surface area contributed by atoms with E-state index < -0.39 is 11.4 Å². The van der Waals surface area contributed by atoms with Crippen LogP contribution in [-0.2, 0) is 11.2 Å². The summed E-state index contributed by atoms with van der Waals surface area (Å²) in [6.07, 6.45) is 1.16. The van der Waals surface area contributed by atoms with Crippen molar-refractivity contribution in [3.05, 3.63) is 17.5 Å². The van der Waals surface area contributed by atoms with Crippen molar-refractivity contribution in [2.45, 2.75) is 33.6 Å². The third-order valence-corrected chi connectivity index (χ3v) is 2.86. The van der Waals surface area contributed by atoms with Crippen LogP contribution in [0, 0.1) is 5.41 Å². The number of carboxylic acids is 1. The molecule has 0 saturated heterocycles. The third-order valence-electron chi connectivity index (χ3n) is 2.86. The van der Waals surface area contributed by atoms with Crippen LogP contribution in [0.15, 0.2) is 6.07 Å². The number of aromatic amines is 1. The van der Waals surface area contributed by atoms with Gasteiger partial charge in [-0.15, -0.1) is 0 Å². The second-order valence-electron chi connectivity index (χ2n) is 4.83. The molecule has 0 aliphatic rings. The lowest BCUT2D eigenvalue weighted by atomic mass is 9.90. The average molecular weight is 253 g/mol. The summed E-state index contributed by atoms with van der Waals surface area (Å²) >= 11 is 0. The Labute approximate surface area is 106 Å². The molecule has 0 fully saturated rings. The minimum Gasteiger partial charge on any atom is -0.481 e. The van der Waals surface area contributed by atoms with Crippen molar-refractivity contribution >= 4 is 11.9 Å². The fraction of sp³-hybridized carbons (Fsp3) is 0.583. The molecule has 1 aromatic rings. The number of hydrogen-bond acceptors (Lipinski definition) is 3. The van der Waals surface area contributed by atoms with Crippen LogP contribution < -0.4 is 5.32 Å². The van der Waals surface area contributed by atoms with Gasteiger partial charge in [-0.1, -0.05) is 6.92 Å². The molecule has 1 heterocycles. The van der Waals surface area contributed by atoms with Crippen molar-refractivity contribution in [3.8, 4) is 0 Å². The van der Waals surface area contributed by atoms with Gasteiger partial charge >= 0.3 is 5.97 Å². The summed E-state index contributed by atoms with van der Waals surface area (Å²) in [6, 6.07) is 1.69. The summed E-state index contributed by atoms with van der Waals surface area (Å²) in [5.74, 6) is -1.16. The van der Waals surface area contributed by atoms with E-state index in [4.69, 9.17) is 5.11 Å². The van der Waals surface area contributed by atoms with E-state index in [0.29, 0.717) is 18.7 Å². The van der Waals surface area contributed by atoms with Crippen molar-refractivity contribution in [2.24, 2.45) is 5.41 Å². The second-order valence-corrected chi connectivity index (χ2v) is 4.83. The Morgan fingerprint density at radius 2 is 2.17 bits per heavy atom. The van der Waals surface area contributed by atoms with Gasteiger partial charge in [0.15, 0.2) is 0 Å². The van der Waals surface area contributed by atoms with E-state index in [0.717, 1.165) is 12.1 Å². The largest absolute Gasteiger partial charge is 0.481 e. The molecule has 1 aromatic heterocycles. The quantitative estimate of drug-likeness (QED) is 0.710. The lowest BCUT2D eigenvalue weighted by Gasteiger charge is -2.18. The van der Waals surface area contributed by atoms with E-state index in [1.165, 1.54) is 0 Å². The maximum atomic E-state index is 11.7. The van der Waals surface area contributed by atoms with Crippen LogP contribution in [0.1, 0.15) is 43.4 Å². The predicted octanol–water partition coefficient (Wildman–Crippen LogP) is 1.20. The first kappa shape index (κ1) is 14.2.